The third-order valence-electron chi connectivity index (χ3n) is 3.71. The van der Waals surface area contributed by atoms with Crippen molar-refractivity contribution in [2.45, 2.75) is 6.92 Å². The maximum absolute atomic E-state index is 11.7. The van der Waals surface area contributed by atoms with Gasteiger partial charge in [-0.3, -0.25) is 4.79 Å². The molecule has 0 aliphatic heterocycles. The highest BCUT2D eigenvalue weighted by molar-refractivity contribution is 6.00. The number of hydrogen-bond acceptors (Lipinski definition) is 2. The second-order valence-corrected chi connectivity index (χ2v) is 5.48. The van der Waals surface area contributed by atoms with E-state index in [-0.39, 0.29) is 0 Å². The van der Waals surface area contributed by atoms with E-state index in [4.69, 9.17) is 5.73 Å². The Morgan fingerprint density at radius 2 is 1.52 bits per heavy atom. The molecule has 3 aromatic carbocycles. The molecule has 0 atom stereocenters. The molecule has 0 fully saturated rings. The van der Waals surface area contributed by atoms with E-state index in [1.54, 1.807) is 6.07 Å². The van der Waals surface area contributed by atoms with Gasteiger partial charge < -0.3 is 11.1 Å². The van der Waals surface area contributed by atoms with Gasteiger partial charge in [0, 0.05) is 16.9 Å². The van der Waals surface area contributed by atoms with Gasteiger partial charge in [-0.15, -0.1) is 0 Å². The number of rotatable bonds is 4. The average molecular weight is 302 g/mol. The highest BCUT2D eigenvalue weighted by atomic mass is 16.1. The molecule has 3 heteroatoms. The maximum Gasteiger partial charge on any atom is 0.249 e. The van der Waals surface area contributed by atoms with Gasteiger partial charge in [0.25, 0.3) is 0 Å². The third-order valence-corrected chi connectivity index (χ3v) is 3.71. The number of carbonyl (C=O) groups is 1. The highest BCUT2D eigenvalue weighted by Gasteiger charge is 2.11. The Morgan fingerprint density at radius 3 is 2.17 bits per heavy atom. The first kappa shape index (κ1) is 14.9. The summed E-state index contributed by atoms with van der Waals surface area (Å²) in [5.41, 5.74) is 11.0. The van der Waals surface area contributed by atoms with E-state index < -0.39 is 5.91 Å². The topological polar surface area (TPSA) is 55.1 Å². The lowest BCUT2D eigenvalue weighted by atomic mass is 9.98. The Bertz CT molecular complexity index is 824. The molecule has 0 bridgehead atoms. The SMILES string of the molecule is Cc1ccc(Nc2ccc(C(N)=O)c(-c3ccccc3)c2)cc1. The fourth-order valence-corrected chi connectivity index (χ4v) is 2.50. The monoisotopic (exact) mass is 302 g/mol. The van der Waals surface area contributed by atoms with Gasteiger partial charge in [-0.1, -0.05) is 48.0 Å². The third kappa shape index (κ3) is 3.40. The number of primary amides is 1. The van der Waals surface area contributed by atoms with Gasteiger partial charge in [0.1, 0.15) is 0 Å². The summed E-state index contributed by atoms with van der Waals surface area (Å²) < 4.78 is 0. The van der Waals surface area contributed by atoms with Crippen LogP contribution in [0.25, 0.3) is 11.1 Å². The molecule has 0 aromatic heterocycles. The van der Waals surface area contributed by atoms with E-state index in [2.05, 4.69) is 24.4 Å². The molecule has 0 aliphatic rings. The zero-order valence-electron chi connectivity index (χ0n) is 12.9. The van der Waals surface area contributed by atoms with Crippen LogP contribution < -0.4 is 11.1 Å². The summed E-state index contributed by atoms with van der Waals surface area (Å²) in [5, 5.41) is 3.36. The molecule has 0 saturated heterocycles. The van der Waals surface area contributed by atoms with E-state index in [9.17, 15) is 4.79 Å². The van der Waals surface area contributed by atoms with Crippen LogP contribution in [0.3, 0.4) is 0 Å². The van der Waals surface area contributed by atoms with Crippen molar-refractivity contribution >= 4 is 17.3 Å². The van der Waals surface area contributed by atoms with Crippen molar-refractivity contribution in [1.29, 1.82) is 0 Å². The van der Waals surface area contributed by atoms with Crippen molar-refractivity contribution in [3.8, 4) is 11.1 Å². The van der Waals surface area contributed by atoms with Crippen molar-refractivity contribution in [1.82, 2.24) is 0 Å². The molecule has 23 heavy (non-hydrogen) atoms. The largest absolute Gasteiger partial charge is 0.366 e. The first-order valence-corrected chi connectivity index (χ1v) is 7.46. The maximum atomic E-state index is 11.7. The minimum Gasteiger partial charge on any atom is -0.366 e. The number of amides is 1. The molecule has 3 aromatic rings. The van der Waals surface area contributed by atoms with E-state index in [1.165, 1.54) is 5.56 Å². The molecule has 0 radical (unpaired) electrons. The van der Waals surface area contributed by atoms with Gasteiger partial charge >= 0.3 is 0 Å². The molecule has 0 heterocycles. The fourth-order valence-electron chi connectivity index (χ4n) is 2.50. The highest BCUT2D eigenvalue weighted by Crippen LogP contribution is 2.28. The van der Waals surface area contributed by atoms with E-state index in [1.807, 2.05) is 54.6 Å². The van der Waals surface area contributed by atoms with Crippen LogP contribution in [0.2, 0.25) is 0 Å². The van der Waals surface area contributed by atoms with Crippen LogP contribution in [0.15, 0.2) is 72.8 Å². The molecule has 0 unspecified atom stereocenters. The Kier molecular flexibility index (Phi) is 4.11. The summed E-state index contributed by atoms with van der Waals surface area (Å²) in [6.07, 6.45) is 0. The molecule has 1 amide bonds. The van der Waals surface area contributed by atoms with Crippen LogP contribution in [-0.4, -0.2) is 5.91 Å². The van der Waals surface area contributed by atoms with Crippen LogP contribution in [0, 0.1) is 6.92 Å². The van der Waals surface area contributed by atoms with Crippen molar-refractivity contribution in [3.63, 3.8) is 0 Å². The summed E-state index contributed by atoms with van der Waals surface area (Å²) in [7, 11) is 0. The number of nitrogens with one attached hydrogen (secondary N) is 1. The number of hydrogen-bond donors (Lipinski definition) is 2. The van der Waals surface area contributed by atoms with Gasteiger partial charge in [-0.2, -0.15) is 0 Å². The summed E-state index contributed by atoms with van der Waals surface area (Å²) in [6, 6.07) is 23.5. The molecule has 3 rings (SSSR count). The van der Waals surface area contributed by atoms with Gasteiger partial charge in [-0.05, 0) is 48.4 Å². The Hall–Kier alpha value is -3.07. The molecule has 0 aliphatic carbocycles. The number of anilines is 2. The summed E-state index contributed by atoms with van der Waals surface area (Å²) in [4.78, 5) is 11.7. The lowest BCUT2D eigenvalue weighted by Gasteiger charge is -2.12. The average Bonchev–Trinajstić information content (AvgIpc) is 2.57. The second kappa shape index (κ2) is 6.36. The fraction of sp³-hybridized carbons (Fsp3) is 0.0500. The van der Waals surface area contributed by atoms with Gasteiger partial charge in [0.15, 0.2) is 0 Å². The molecule has 3 N–H and O–H groups in total. The molecule has 0 saturated carbocycles. The first-order valence-electron chi connectivity index (χ1n) is 7.46. The van der Waals surface area contributed by atoms with E-state index in [0.717, 1.165) is 22.5 Å². The molecular weight excluding hydrogens is 284 g/mol. The zero-order valence-corrected chi connectivity index (χ0v) is 12.9. The Morgan fingerprint density at radius 1 is 0.870 bits per heavy atom. The van der Waals surface area contributed by atoms with Crippen molar-refractivity contribution < 1.29 is 4.79 Å². The van der Waals surface area contributed by atoms with Crippen molar-refractivity contribution in [3.05, 3.63) is 83.9 Å². The lowest BCUT2D eigenvalue weighted by molar-refractivity contribution is 0.100. The predicted octanol–water partition coefficient (Wildman–Crippen LogP) is 4.50. The number of nitrogens with two attached hydrogens (primary N) is 1. The lowest BCUT2D eigenvalue weighted by Crippen LogP contribution is -2.12. The Labute approximate surface area is 135 Å². The van der Waals surface area contributed by atoms with Gasteiger partial charge in [0.05, 0.1) is 0 Å². The molecule has 3 nitrogen and oxygen atoms in total. The normalized spacial score (nSPS) is 10.3. The molecule has 114 valence electrons. The quantitative estimate of drug-likeness (QED) is 0.745. The van der Waals surface area contributed by atoms with Crippen LogP contribution in [-0.2, 0) is 0 Å². The number of carbonyl (C=O) groups excluding carboxylic acids is 1. The smallest absolute Gasteiger partial charge is 0.249 e. The van der Waals surface area contributed by atoms with Crippen LogP contribution >= 0.6 is 0 Å². The summed E-state index contributed by atoms with van der Waals surface area (Å²) >= 11 is 0. The minimum atomic E-state index is -0.425. The van der Waals surface area contributed by atoms with Crippen LogP contribution in [0.5, 0.6) is 0 Å². The summed E-state index contributed by atoms with van der Waals surface area (Å²) in [5.74, 6) is -0.425. The molecular formula is C20H18N2O. The van der Waals surface area contributed by atoms with Gasteiger partial charge in [-0.25, -0.2) is 0 Å². The van der Waals surface area contributed by atoms with Crippen LogP contribution in [0.1, 0.15) is 15.9 Å². The second-order valence-electron chi connectivity index (χ2n) is 5.48. The van der Waals surface area contributed by atoms with Crippen molar-refractivity contribution in [2.75, 3.05) is 5.32 Å². The summed E-state index contributed by atoms with van der Waals surface area (Å²) in [6.45, 7) is 2.05. The number of aryl methyl sites for hydroxylation is 1. The van der Waals surface area contributed by atoms with Gasteiger partial charge in [0.2, 0.25) is 5.91 Å². The van der Waals surface area contributed by atoms with Crippen molar-refractivity contribution in [2.24, 2.45) is 5.73 Å². The standard InChI is InChI=1S/C20H18N2O/c1-14-7-9-16(10-8-14)22-17-11-12-18(20(21)23)19(13-17)15-5-3-2-4-6-15/h2-13,22H,1H3,(H2,21,23). The van der Waals surface area contributed by atoms with E-state index >= 15 is 0 Å². The minimum absolute atomic E-state index is 0.425. The van der Waals surface area contributed by atoms with Crippen LogP contribution in [0.4, 0.5) is 11.4 Å². The number of benzene rings is 3. The molecule has 0 spiro atoms. The first-order chi connectivity index (χ1) is 11.1. The Balaban J connectivity index is 2.00. The predicted molar refractivity (Wildman–Crippen MR) is 94.9 cm³/mol. The zero-order chi connectivity index (χ0) is 16.2. The van der Waals surface area contributed by atoms with E-state index in [0.29, 0.717) is 5.56 Å².